The maximum Gasteiger partial charge on any atom is 0.324 e. The van der Waals surface area contributed by atoms with Crippen LogP contribution in [0.2, 0.25) is 0 Å². The number of hydrogen-bond acceptors (Lipinski definition) is 6. The summed E-state index contributed by atoms with van der Waals surface area (Å²) in [5.74, 6) is 0.420. The van der Waals surface area contributed by atoms with Crippen LogP contribution in [-0.2, 0) is 4.79 Å². The highest BCUT2D eigenvalue weighted by Gasteiger charge is 2.48. The molecule has 1 aliphatic carbocycles. The van der Waals surface area contributed by atoms with Gasteiger partial charge in [-0.1, -0.05) is 36.4 Å². The van der Waals surface area contributed by atoms with E-state index >= 15 is 0 Å². The van der Waals surface area contributed by atoms with E-state index in [9.17, 15) is 9.90 Å². The van der Waals surface area contributed by atoms with Crippen LogP contribution < -0.4 is 5.32 Å². The summed E-state index contributed by atoms with van der Waals surface area (Å²) in [7, 11) is 0. The number of carbonyl (C=O) groups is 1. The summed E-state index contributed by atoms with van der Waals surface area (Å²) in [4.78, 5) is 11.6. The lowest BCUT2D eigenvalue weighted by molar-refractivity contribution is -0.146. The number of nitrogens with zero attached hydrogens (tertiary/aromatic N) is 2. The van der Waals surface area contributed by atoms with Gasteiger partial charge in [-0.3, -0.25) is 4.79 Å². The molecule has 1 aliphatic rings. The van der Waals surface area contributed by atoms with Crippen molar-refractivity contribution >= 4 is 29.1 Å². The molecule has 2 N–H and O–H groups in total. The summed E-state index contributed by atoms with van der Waals surface area (Å²) >= 11 is 3.20. The van der Waals surface area contributed by atoms with Crippen LogP contribution in [0, 0.1) is 5.92 Å². The van der Waals surface area contributed by atoms with Crippen molar-refractivity contribution in [3.8, 4) is 0 Å². The Balaban J connectivity index is 1.92. The van der Waals surface area contributed by atoms with E-state index in [0.29, 0.717) is 6.54 Å². The van der Waals surface area contributed by atoms with Gasteiger partial charge in [0.2, 0.25) is 0 Å². The monoisotopic (exact) mass is 301 g/mol. The Morgan fingerprint density at radius 2 is 2.58 bits per heavy atom. The molecule has 1 fully saturated rings. The van der Waals surface area contributed by atoms with Gasteiger partial charge >= 0.3 is 5.97 Å². The average molecular weight is 301 g/mol. The standard InChI is InChI=1S/C12H19N3O2S2/c1-2-13-12(10(16)17)6-3-4-9(12)5-7-18-11-15-14-8-19-11/h8-9,13H,2-7H2,1H3,(H,16,17). The first-order valence-electron chi connectivity index (χ1n) is 6.56. The maximum absolute atomic E-state index is 11.6. The normalized spacial score (nSPS) is 26.7. The Morgan fingerprint density at radius 3 is 3.21 bits per heavy atom. The number of nitrogens with one attached hydrogen (secondary N) is 1. The van der Waals surface area contributed by atoms with Crippen LogP contribution in [-0.4, -0.2) is 39.1 Å². The Morgan fingerprint density at radius 1 is 1.74 bits per heavy atom. The molecule has 2 atom stereocenters. The van der Waals surface area contributed by atoms with Crippen molar-refractivity contribution in [3.05, 3.63) is 5.51 Å². The Labute approximate surface area is 121 Å². The van der Waals surface area contributed by atoms with Crippen LogP contribution in [0.1, 0.15) is 32.6 Å². The highest BCUT2D eigenvalue weighted by Crippen LogP contribution is 2.39. The SMILES string of the molecule is CCNC1(C(=O)O)CCCC1CCSc1nncs1. The number of likely N-dealkylation sites (N-methyl/N-ethyl adjacent to an activating group) is 1. The molecule has 0 saturated heterocycles. The zero-order valence-electron chi connectivity index (χ0n) is 11.0. The van der Waals surface area contributed by atoms with E-state index in [1.165, 1.54) is 11.3 Å². The number of rotatable bonds is 7. The summed E-state index contributed by atoms with van der Waals surface area (Å²) < 4.78 is 0.961. The molecular weight excluding hydrogens is 282 g/mol. The van der Waals surface area contributed by atoms with Gasteiger partial charge in [-0.05, 0) is 31.7 Å². The van der Waals surface area contributed by atoms with E-state index in [1.54, 1.807) is 17.3 Å². The van der Waals surface area contributed by atoms with E-state index in [2.05, 4.69) is 15.5 Å². The summed E-state index contributed by atoms with van der Waals surface area (Å²) in [6.07, 6.45) is 3.64. The largest absolute Gasteiger partial charge is 0.480 e. The minimum absolute atomic E-state index is 0.213. The lowest BCUT2D eigenvalue weighted by Crippen LogP contribution is -2.54. The molecule has 1 aromatic rings. The molecule has 0 aliphatic heterocycles. The third-order valence-corrected chi connectivity index (χ3v) is 5.62. The van der Waals surface area contributed by atoms with Gasteiger partial charge in [-0.15, -0.1) is 10.2 Å². The van der Waals surface area contributed by atoms with Gasteiger partial charge < -0.3 is 10.4 Å². The second-order valence-electron chi connectivity index (χ2n) is 4.74. The first-order valence-corrected chi connectivity index (χ1v) is 8.43. The summed E-state index contributed by atoms with van der Waals surface area (Å²) in [5.41, 5.74) is 1.01. The van der Waals surface area contributed by atoms with Crippen molar-refractivity contribution in [3.63, 3.8) is 0 Å². The van der Waals surface area contributed by atoms with Crippen molar-refractivity contribution in [2.45, 2.75) is 42.5 Å². The highest BCUT2D eigenvalue weighted by atomic mass is 32.2. The number of aromatic nitrogens is 2. The van der Waals surface area contributed by atoms with Crippen molar-refractivity contribution in [2.75, 3.05) is 12.3 Å². The highest BCUT2D eigenvalue weighted by molar-refractivity contribution is 8.00. The molecule has 5 nitrogen and oxygen atoms in total. The van der Waals surface area contributed by atoms with Gasteiger partial charge in [0.05, 0.1) is 0 Å². The number of aliphatic carboxylic acids is 1. The summed E-state index contributed by atoms with van der Waals surface area (Å²) in [6, 6.07) is 0. The third-order valence-electron chi connectivity index (χ3n) is 3.73. The van der Waals surface area contributed by atoms with Crippen LogP contribution in [0.4, 0.5) is 0 Å². The van der Waals surface area contributed by atoms with E-state index in [0.717, 1.165) is 35.8 Å². The smallest absolute Gasteiger partial charge is 0.324 e. The lowest BCUT2D eigenvalue weighted by Gasteiger charge is -2.32. The van der Waals surface area contributed by atoms with E-state index in [-0.39, 0.29) is 5.92 Å². The molecule has 19 heavy (non-hydrogen) atoms. The van der Waals surface area contributed by atoms with Gasteiger partial charge in [0, 0.05) is 5.75 Å². The summed E-state index contributed by atoms with van der Waals surface area (Å²) in [6.45, 7) is 2.67. The van der Waals surface area contributed by atoms with Crippen molar-refractivity contribution in [1.29, 1.82) is 0 Å². The van der Waals surface area contributed by atoms with Crippen LogP contribution in [0.15, 0.2) is 9.85 Å². The molecule has 106 valence electrons. The van der Waals surface area contributed by atoms with Gasteiger partial charge in [-0.25, -0.2) is 0 Å². The third kappa shape index (κ3) is 3.27. The Hall–Kier alpha value is -0.660. The molecule has 1 aromatic heterocycles. The Kier molecular flexibility index (Phi) is 5.18. The lowest BCUT2D eigenvalue weighted by atomic mass is 9.85. The predicted molar refractivity (Wildman–Crippen MR) is 76.6 cm³/mol. The van der Waals surface area contributed by atoms with Crippen molar-refractivity contribution < 1.29 is 9.90 Å². The van der Waals surface area contributed by atoms with E-state index in [1.807, 2.05) is 6.92 Å². The van der Waals surface area contributed by atoms with Gasteiger partial charge in [0.15, 0.2) is 4.34 Å². The molecule has 0 radical (unpaired) electrons. The van der Waals surface area contributed by atoms with Crippen LogP contribution in [0.3, 0.4) is 0 Å². The minimum atomic E-state index is -0.712. The maximum atomic E-state index is 11.6. The van der Waals surface area contributed by atoms with E-state index in [4.69, 9.17) is 0 Å². The number of carboxylic acids is 1. The average Bonchev–Trinajstić information content (AvgIpc) is 3.01. The first-order chi connectivity index (χ1) is 9.19. The molecule has 0 bridgehead atoms. The fraction of sp³-hybridized carbons (Fsp3) is 0.750. The molecule has 0 amide bonds. The Bertz CT molecular complexity index is 413. The van der Waals surface area contributed by atoms with Crippen LogP contribution in [0.25, 0.3) is 0 Å². The number of carboxylic acid groups (broad SMARTS) is 1. The molecule has 0 aromatic carbocycles. The minimum Gasteiger partial charge on any atom is -0.480 e. The zero-order valence-corrected chi connectivity index (χ0v) is 12.6. The van der Waals surface area contributed by atoms with Crippen LogP contribution >= 0.6 is 23.1 Å². The molecule has 1 saturated carbocycles. The second-order valence-corrected chi connectivity index (χ2v) is 6.91. The summed E-state index contributed by atoms with van der Waals surface area (Å²) in [5, 5.41) is 20.6. The molecule has 7 heteroatoms. The predicted octanol–water partition coefficient (Wildman–Crippen LogP) is 2.25. The van der Waals surface area contributed by atoms with Crippen LogP contribution in [0.5, 0.6) is 0 Å². The molecular formula is C12H19N3O2S2. The fourth-order valence-corrected chi connectivity index (χ4v) is 4.50. The number of thioether (sulfide) groups is 1. The molecule has 1 heterocycles. The van der Waals surface area contributed by atoms with E-state index < -0.39 is 11.5 Å². The van der Waals surface area contributed by atoms with Gasteiger partial charge in [0.25, 0.3) is 0 Å². The molecule has 2 unspecified atom stereocenters. The topological polar surface area (TPSA) is 75.1 Å². The van der Waals surface area contributed by atoms with Crippen molar-refractivity contribution in [2.24, 2.45) is 5.92 Å². The number of hydrogen-bond donors (Lipinski definition) is 2. The van der Waals surface area contributed by atoms with Crippen molar-refractivity contribution in [1.82, 2.24) is 15.5 Å². The first kappa shape index (κ1) is 14.7. The molecule has 2 rings (SSSR count). The molecule has 0 spiro atoms. The zero-order chi connectivity index (χ0) is 13.7. The van der Waals surface area contributed by atoms with Gasteiger partial charge in [-0.2, -0.15) is 0 Å². The second kappa shape index (κ2) is 6.67. The van der Waals surface area contributed by atoms with Gasteiger partial charge in [0.1, 0.15) is 11.0 Å². The quantitative estimate of drug-likeness (QED) is 0.752. The fourth-order valence-electron chi connectivity index (χ4n) is 2.89.